The van der Waals surface area contributed by atoms with Crippen molar-refractivity contribution in [3.63, 3.8) is 0 Å². The molecule has 7 heteroatoms. The zero-order valence-corrected chi connectivity index (χ0v) is 15.9. The lowest BCUT2D eigenvalue weighted by Crippen LogP contribution is -2.38. The van der Waals surface area contributed by atoms with E-state index >= 15 is 0 Å². The predicted molar refractivity (Wildman–Crippen MR) is 102 cm³/mol. The molecule has 2 aromatic rings. The number of likely N-dealkylation sites (tertiary alicyclic amines) is 1. The van der Waals surface area contributed by atoms with Crippen LogP contribution in [0.1, 0.15) is 46.4 Å². The lowest BCUT2D eigenvalue weighted by atomic mass is 9.99. The van der Waals surface area contributed by atoms with Gasteiger partial charge in [-0.2, -0.15) is 0 Å². The average molecular weight is 368 g/mol. The molecule has 0 spiro atoms. The molecular weight excluding hydrogens is 344 g/mol. The van der Waals surface area contributed by atoms with Gasteiger partial charge in [0.25, 0.3) is 5.91 Å². The number of ether oxygens (including phenoxy) is 1. The number of carbonyl (C=O) groups excluding carboxylic acids is 2. The van der Waals surface area contributed by atoms with Crippen molar-refractivity contribution in [2.24, 2.45) is 5.92 Å². The molecule has 1 aliphatic rings. The van der Waals surface area contributed by atoms with E-state index in [-0.39, 0.29) is 5.91 Å². The standard InChI is InChI=1S/C20H24N4O3/c1-13-8-10-24(11-9-13)19(25)17-12-18(22-14(2)21-17)23-16-7-5-4-6-15(16)20(26)27-3/h4-7,12-13H,8-11H2,1-3H3,(H,21,22,23). The largest absolute Gasteiger partial charge is 0.465 e. The van der Waals surface area contributed by atoms with Crippen LogP contribution in [0.3, 0.4) is 0 Å². The zero-order valence-electron chi connectivity index (χ0n) is 15.9. The molecule has 0 bridgehead atoms. The van der Waals surface area contributed by atoms with Crippen molar-refractivity contribution in [1.29, 1.82) is 0 Å². The van der Waals surface area contributed by atoms with Gasteiger partial charge >= 0.3 is 5.97 Å². The lowest BCUT2D eigenvalue weighted by molar-refractivity contribution is 0.0601. The number of rotatable bonds is 4. The van der Waals surface area contributed by atoms with Gasteiger partial charge in [0.05, 0.1) is 18.4 Å². The molecule has 1 amide bonds. The first-order valence-corrected chi connectivity index (χ1v) is 9.07. The van der Waals surface area contributed by atoms with Gasteiger partial charge < -0.3 is 15.0 Å². The Balaban J connectivity index is 1.84. The number of aromatic nitrogens is 2. The monoisotopic (exact) mass is 368 g/mol. The molecule has 0 aliphatic carbocycles. The summed E-state index contributed by atoms with van der Waals surface area (Å²) in [6.07, 6.45) is 2.01. The van der Waals surface area contributed by atoms with Crippen LogP contribution < -0.4 is 5.32 Å². The Kier molecular flexibility index (Phi) is 5.69. The first kappa shape index (κ1) is 18.8. The number of nitrogens with one attached hydrogen (secondary N) is 1. The normalized spacial score (nSPS) is 14.7. The Labute approximate surface area is 158 Å². The Morgan fingerprint density at radius 2 is 1.89 bits per heavy atom. The number of amides is 1. The van der Waals surface area contributed by atoms with Crippen molar-refractivity contribution < 1.29 is 14.3 Å². The van der Waals surface area contributed by atoms with Crippen LogP contribution in [0.4, 0.5) is 11.5 Å². The molecule has 0 unspecified atom stereocenters. The fourth-order valence-corrected chi connectivity index (χ4v) is 3.13. The van der Waals surface area contributed by atoms with E-state index in [2.05, 4.69) is 22.2 Å². The summed E-state index contributed by atoms with van der Waals surface area (Å²) in [5.74, 6) is 1.07. The Morgan fingerprint density at radius 3 is 2.59 bits per heavy atom. The highest BCUT2D eigenvalue weighted by Gasteiger charge is 2.23. The molecule has 1 aromatic carbocycles. The van der Waals surface area contributed by atoms with Crippen LogP contribution >= 0.6 is 0 Å². The Hall–Kier alpha value is -2.96. The van der Waals surface area contributed by atoms with Crippen molar-refractivity contribution in [3.05, 3.63) is 47.4 Å². The number of aryl methyl sites for hydroxylation is 1. The SMILES string of the molecule is COC(=O)c1ccccc1Nc1cc(C(=O)N2CCC(C)CC2)nc(C)n1. The van der Waals surface area contributed by atoms with Gasteiger partial charge in [-0.25, -0.2) is 14.8 Å². The van der Waals surface area contributed by atoms with Gasteiger partial charge in [0, 0.05) is 19.2 Å². The van der Waals surface area contributed by atoms with Crippen LogP contribution in [-0.4, -0.2) is 46.9 Å². The average Bonchev–Trinajstić information content (AvgIpc) is 2.67. The third-order valence-corrected chi connectivity index (χ3v) is 4.72. The maximum absolute atomic E-state index is 12.8. The molecule has 1 saturated heterocycles. The minimum Gasteiger partial charge on any atom is -0.465 e. The minimum atomic E-state index is -0.442. The van der Waals surface area contributed by atoms with E-state index in [0.717, 1.165) is 25.9 Å². The van der Waals surface area contributed by atoms with Crippen LogP contribution in [0, 0.1) is 12.8 Å². The van der Waals surface area contributed by atoms with Crippen LogP contribution in [0.15, 0.2) is 30.3 Å². The maximum atomic E-state index is 12.8. The number of carbonyl (C=O) groups is 2. The molecule has 0 radical (unpaired) electrons. The summed E-state index contributed by atoms with van der Waals surface area (Å²) in [7, 11) is 1.34. The van der Waals surface area contributed by atoms with Gasteiger partial charge in [-0.3, -0.25) is 4.79 Å². The van der Waals surface area contributed by atoms with Crippen molar-refractivity contribution in [1.82, 2.24) is 14.9 Å². The van der Waals surface area contributed by atoms with E-state index < -0.39 is 5.97 Å². The second-order valence-corrected chi connectivity index (χ2v) is 6.82. The van der Waals surface area contributed by atoms with Gasteiger partial charge in [0.1, 0.15) is 17.3 Å². The van der Waals surface area contributed by atoms with Gasteiger partial charge in [-0.15, -0.1) is 0 Å². The topological polar surface area (TPSA) is 84.4 Å². The van der Waals surface area contributed by atoms with Gasteiger partial charge in [0.15, 0.2) is 0 Å². The molecule has 1 N–H and O–H groups in total. The summed E-state index contributed by atoms with van der Waals surface area (Å²) in [6.45, 7) is 5.44. The highest BCUT2D eigenvalue weighted by molar-refractivity contribution is 5.97. The maximum Gasteiger partial charge on any atom is 0.339 e. The highest BCUT2D eigenvalue weighted by Crippen LogP contribution is 2.22. The third kappa shape index (κ3) is 4.42. The number of para-hydroxylation sites is 1. The highest BCUT2D eigenvalue weighted by atomic mass is 16.5. The fraction of sp³-hybridized carbons (Fsp3) is 0.400. The minimum absolute atomic E-state index is 0.0864. The van der Waals surface area contributed by atoms with E-state index in [0.29, 0.717) is 34.5 Å². The van der Waals surface area contributed by atoms with E-state index in [9.17, 15) is 9.59 Å². The quantitative estimate of drug-likeness (QED) is 0.835. The summed E-state index contributed by atoms with van der Waals surface area (Å²) in [5, 5.41) is 3.11. The summed E-state index contributed by atoms with van der Waals surface area (Å²) in [5.41, 5.74) is 1.32. The Bertz CT molecular complexity index is 845. The third-order valence-electron chi connectivity index (χ3n) is 4.72. The van der Waals surface area contributed by atoms with Crippen LogP contribution in [0.5, 0.6) is 0 Å². The molecule has 3 rings (SSSR count). The second-order valence-electron chi connectivity index (χ2n) is 6.82. The number of piperidine rings is 1. The number of nitrogens with zero attached hydrogens (tertiary/aromatic N) is 3. The number of benzene rings is 1. The zero-order chi connectivity index (χ0) is 19.4. The second kappa shape index (κ2) is 8.16. The summed E-state index contributed by atoms with van der Waals surface area (Å²) in [4.78, 5) is 35.3. The number of esters is 1. The van der Waals surface area contributed by atoms with E-state index in [1.165, 1.54) is 7.11 Å². The van der Waals surface area contributed by atoms with Gasteiger partial charge in [-0.1, -0.05) is 19.1 Å². The number of hydrogen-bond donors (Lipinski definition) is 1. The van der Waals surface area contributed by atoms with Gasteiger partial charge in [0.2, 0.25) is 0 Å². The molecule has 1 aromatic heterocycles. The molecule has 2 heterocycles. The molecule has 1 aliphatic heterocycles. The summed E-state index contributed by atoms with van der Waals surface area (Å²) < 4.78 is 4.82. The summed E-state index contributed by atoms with van der Waals surface area (Å²) in [6, 6.07) is 8.63. The van der Waals surface area contributed by atoms with Crippen LogP contribution in [-0.2, 0) is 4.74 Å². The van der Waals surface area contributed by atoms with Crippen molar-refractivity contribution in [3.8, 4) is 0 Å². The number of anilines is 2. The van der Waals surface area contributed by atoms with E-state index in [1.807, 2.05) is 11.0 Å². The van der Waals surface area contributed by atoms with Crippen molar-refractivity contribution in [2.75, 3.05) is 25.5 Å². The lowest BCUT2D eigenvalue weighted by Gasteiger charge is -2.30. The summed E-state index contributed by atoms with van der Waals surface area (Å²) >= 11 is 0. The smallest absolute Gasteiger partial charge is 0.339 e. The van der Waals surface area contributed by atoms with Gasteiger partial charge in [-0.05, 0) is 37.8 Å². The first-order valence-electron chi connectivity index (χ1n) is 9.07. The molecule has 0 atom stereocenters. The molecule has 27 heavy (non-hydrogen) atoms. The number of hydrogen-bond acceptors (Lipinski definition) is 6. The van der Waals surface area contributed by atoms with E-state index in [4.69, 9.17) is 4.74 Å². The molecule has 7 nitrogen and oxygen atoms in total. The van der Waals surface area contributed by atoms with E-state index in [1.54, 1.807) is 31.2 Å². The van der Waals surface area contributed by atoms with Crippen LogP contribution in [0.25, 0.3) is 0 Å². The predicted octanol–water partition coefficient (Wildman–Crippen LogP) is 3.19. The fourth-order valence-electron chi connectivity index (χ4n) is 3.13. The Morgan fingerprint density at radius 1 is 1.19 bits per heavy atom. The van der Waals surface area contributed by atoms with Crippen molar-refractivity contribution >= 4 is 23.4 Å². The molecule has 0 saturated carbocycles. The van der Waals surface area contributed by atoms with Crippen LogP contribution in [0.2, 0.25) is 0 Å². The van der Waals surface area contributed by atoms with Crippen molar-refractivity contribution in [2.45, 2.75) is 26.7 Å². The molecule has 142 valence electrons. The first-order chi connectivity index (χ1) is 13.0. The number of methoxy groups -OCH3 is 1. The molecule has 1 fully saturated rings. The molecular formula is C20H24N4O3.